The number of nitrogens with one attached hydrogen (secondary N) is 1. The normalized spacial score (nSPS) is 26.9. The van der Waals surface area contributed by atoms with Gasteiger partial charge in [-0.1, -0.05) is 24.9 Å². The maximum absolute atomic E-state index is 13.3. The molecule has 1 aromatic rings. The molecule has 1 atom stereocenters. The van der Waals surface area contributed by atoms with Gasteiger partial charge in [0, 0.05) is 24.2 Å². The molecule has 1 N–H and O–H groups in total. The highest BCUT2D eigenvalue weighted by molar-refractivity contribution is 6.31. The zero-order valence-electron chi connectivity index (χ0n) is 17.7. The summed E-state index contributed by atoms with van der Waals surface area (Å²) in [6.45, 7) is 11.4. The van der Waals surface area contributed by atoms with E-state index in [1.807, 2.05) is 6.07 Å². The first-order chi connectivity index (χ1) is 13.4. The van der Waals surface area contributed by atoms with Gasteiger partial charge in [-0.15, -0.1) is 12.4 Å². The molecule has 3 fully saturated rings. The van der Waals surface area contributed by atoms with Crippen LogP contribution in [-0.4, -0.2) is 55.2 Å². The lowest BCUT2D eigenvalue weighted by atomic mass is 9.84. The number of carbonyl (C=O) groups excluding carboxylic acids is 1. The Kier molecular flexibility index (Phi) is 6.91. The molecule has 0 aromatic heterocycles. The van der Waals surface area contributed by atoms with E-state index in [9.17, 15) is 4.79 Å². The van der Waals surface area contributed by atoms with Gasteiger partial charge in [0.1, 0.15) is 5.60 Å². The second kappa shape index (κ2) is 8.91. The van der Waals surface area contributed by atoms with E-state index < -0.39 is 0 Å². The van der Waals surface area contributed by atoms with Gasteiger partial charge in [-0.25, -0.2) is 0 Å². The number of piperidine rings is 3. The molecule has 1 aromatic carbocycles. The number of rotatable bonds is 5. The second-order valence-corrected chi connectivity index (χ2v) is 9.59. The number of amides is 1. The molecule has 3 saturated heterocycles. The Bertz CT molecular complexity index is 748. The molecule has 0 radical (unpaired) electrons. The van der Waals surface area contributed by atoms with Gasteiger partial charge in [-0.2, -0.15) is 0 Å². The van der Waals surface area contributed by atoms with Crippen molar-refractivity contribution in [3.63, 3.8) is 0 Å². The first-order valence-corrected chi connectivity index (χ1v) is 11.0. The van der Waals surface area contributed by atoms with Gasteiger partial charge in [0.2, 0.25) is 0 Å². The lowest BCUT2D eigenvalue weighted by molar-refractivity contribution is 0.0610. The van der Waals surface area contributed by atoms with Crippen LogP contribution in [0.3, 0.4) is 0 Å². The summed E-state index contributed by atoms with van der Waals surface area (Å²) in [7, 11) is 0. The molecule has 162 valence electrons. The smallest absolute Gasteiger partial charge is 0.255 e. The molecule has 0 saturated carbocycles. The first-order valence-electron chi connectivity index (χ1n) is 10.7. The van der Waals surface area contributed by atoms with E-state index in [1.165, 1.54) is 12.8 Å². The Hall–Kier alpha value is -1.17. The van der Waals surface area contributed by atoms with E-state index in [2.05, 4.69) is 35.9 Å². The SMILES string of the molecule is CCCCN1CC(C)(C)Oc2c(C(=O)NC3CN4CCC3CC4)cc(Cl)cc21.Cl. The van der Waals surface area contributed by atoms with Gasteiger partial charge in [0.05, 0.1) is 17.8 Å². The molecule has 7 heteroatoms. The van der Waals surface area contributed by atoms with Crippen LogP contribution in [0.25, 0.3) is 0 Å². The van der Waals surface area contributed by atoms with Crippen molar-refractivity contribution in [1.29, 1.82) is 0 Å². The third-order valence-electron chi connectivity index (χ3n) is 6.32. The molecular weight excluding hydrogens is 409 g/mol. The van der Waals surface area contributed by atoms with Crippen molar-refractivity contribution in [1.82, 2.24) is 10.2 Å². The van der Waals surface area contributed by atoms with Crippen LogP contribution in [0.4, 0.5) is 5.69 Å². The summed E-state index contributed by atoms with van der Waals surface area (Å²) in [5.41, 5.74) is 1.16. The van der Waals surface area contributed by atoms with E-state index >= 15 is 0 Å². The lowest BCUT2D eigenvalue weighted by Gasteiger charge is -2.45. The fraction of sp³-hybridized carbons (Fsp3) is 0.682. The van der Waals surface area contributed by atoms with Gasteiger partial charge >= 0.3 is 0 Å². The number of carbonyl (C=O) groups is 1. The van der Waals surface area contributed by atoms with Crippen LogP contribution in [0.1, 0.15) is 56.8 Å². The number of fused-ring (bicyclic) bond motifs is 4. The van der Waals surface area contributed by atoms with Crippen LogP contribution in [0.2, 0.25) is 5.02 Å². The number of anilines is 1. The summed E-state index contributed by atoms with van der Waals surface area (Å²) in [5.74, 6) is 1.20. The molecule has 4 aliphatic heterocycles. The minimum atomic E-state index is -0.348. The predicted octanol–water partition coefficient (Wildman–Crippen LogP) is 4.36. The fourth-order valence-electron chi connectivity index (χ4n) is 4.87. The molecule has 1 unspecified atom stereocenters. The van der Waals surface area contributed by atoms with Crippen molar-refractivity contribution in [2.24, 2.45) is 5.92 Å². The number of benzene rings is 1. The van der Waals surface area contributed by atoms with E-state index in [1.54, 1.807) is 6.07 Å². The van der Waals surface area contributed by atoms with E-state index in [-0.39, 0.29) is 30.0 Å². The van der Waals surface area contributed by atoms with Crippen molar-refractivity contribution >= 4 is 35.6 Å². The van der Waals surface area contributed by atoms with E-state index in [0.717, 1.165) is 51.3 Å². The van der Waals surface area contributed by atoms with Crippen LogP contribution in [-0.2, 0) is 0 Å². The fourth-order valence-corrected chi connectivity index (χ4v) is 5.08. The predicted molar refractivity (Wildman–Crippen MR) is 121 cm³/mol. The Morgan fingerprint density at radius 3 is 2.66 bits per heavy atom. The molecule has 1 amide bonds. The average molecular weight is 442 g/mol. The maximum atomic E-state index is 13.3. The van der Waals surface area contributed by atoms with Gasteiger partial charge in [-0.3, -0.25) is 4.79 Å². The Morgan fingerprint density at radius 1 is 1.31 bits per heavy atom. The third-order valence-corrected chi connectivity index (χ3v) is 6.54. The number of halogens is 2. The largest absolute Gasteiger partial charge is 0.483 e. The van der Waals surface area contributed by atoms with Crippen LogP contribution < -0.4 is 15.0 Å². The number of hydrogen-bond acceptors (Lipinski definition) is 4. The van der Waals surface area contributed by atoms with Crippen molar-refractivity contribution in [2.75, 3.05) is 37.6 Å². The summed E-state index contributed by atoms with van der Waals surface area (Å²) in [6, 6.07) is 3.92. The lowest BCUT2D eigenvalue weighted by Crippen LogP contribution is -2.57. The van der Waals surface area contributed by atoms with Gasteiger partial charge in [0.15, 0.2) is 5.75 Å². The molecule has 5 rings (SSSR count). The van der Waals surface area contributed by atoms with Crippen molar-refractivity contribution < 1.29 is 9.53 Å². The molecule has 29 heavy (non-hydrogen) atoms. The van der Waals surface area contributed by atoms with Gasteiger partial charge < -0.3 is 19.9 Å². The molecule has 2 bridgehead atoms. The summed E-state index contributed by atoms with van der Waals surface area (Å²) in [5, 5.41) is 3.88. The van der Waals surface area contributed by atoms with Crippen LogP contribution in [0, 0.1) is 5.92 Å². The monoisotopic (exact) mass is 441 g/mol. The minimum absolute atomic E-state index is 0. The summed E-state index contributed by atoms with van der Waals surface area (Å²) in [6.07, 6.45) is 4.57. The summed E-state index contributed by atoms with van der Waals surface area (Å²) in [4.78, 5) is 18.0. The first kappa shape index (κ1) is 22.5. The standard InChI is InChI=1S/C22H32ClN3O2.ClH/c1-4-5-8-26-14-22(2,3)28-20-17(11-16(23)12-19(20)26)21(27)24-18-13-25-9-6-15(18)7-10-25;/h11-12,15,18H,4-10,13-14H2,1-3H3,(H,24,27);1H. The van der Waals surface area contributed by atoms with Crippen LogP contribution in [0.5, 0.6) is 5.75 Å². The van der Waals surface area contributed by atoms with Crippen LogP contribution in [0.15, 0.2) is 12.1 Å². The van der Waals surface area contributed by atoms with Crippen LogP contribution >= 0.6 is 24.0 Å². The molecular formula is C22H33Cl2N3O2. The number of hydrogen-bond donors (Lipinski definition) is 1. The van der Waals surface area contributed by atoms with Crippen molar-refractivity contribution in [3.8, 4) is 5.75 Å². The Labute approximate surface area is 185 Å². The van der Waals surface area contributed by atoms with Crippen molar-refractivity contribution in [2.45, 2.75) is 58.1 Å². The van der Waals surface area contributed by atoms with Crippen molar-refractivity contribution in [3.05, 3.63) is 22.7 Å². The minimum Gasteiger partial charge on any atom is -0.483 e. The molecule has 4 heterocycles. The number of nitrogens with zero attached hydrogens (tertiary/aromatic N) is 2. The third kappa shape index (κ3) is 4.78. The number of unbranched alkanes of at least 4 members (excludes halogenated alkanes) is 1. The average Bonchev–Trinajstić information content (AvgIpc) is 2.66. The molecule has 5 nitrogen and oxygen atoms in total. The second-order valence-electron chi connectivity index (χ2n) is 9.16. The van der Waals surface area contributed by atoms with E-state index in [0.29, 0.717) is 22.3 Å². The Balaban J connectivity index is 0.00000240. The molecule has 0 spiro atoms. The highest BCUT2D eigenvalue weighted by atomic mass is 35.5. The Morgan fingerprint density at radius 2 is 2.03 bits per heavy atom. The molecule has 4 aliphatic rings. The number of ether oxygens (including phenoxy) is 1. The van der Waals surface area contributed by atoms with E-state index in [4.69, 9.17) is 16.3 Å². The molecule has 0 aliphatic carbocycles. The van der Waals surface area contributed by atoms with Gasteiger partial charge in [0.25, 0.3) is 5.91 Å². The summed E-state index contributed by atoms with van der Waals surface area (Å²) < 4.78 is 6.32. The maximum Gasteiger partial charge on any atom is 0.255 e. The highest BCUT2D eigenvalue weighted by Crippen LogP contribution is 2.42. The zero-order chi connectivity index (χ0) is 19.9. The topological polar surface area (TPSA) is 44.8 Å². The quantitative estimate of drug-likeness (QED) is 0.736. The highest BCUT2D eigenvalue weighted by Gasteiger charge is 2.38. The zero-order valence-corrected chi connectivity index (χ0v) is 19.2. The van der Waals surface area contributed by atoms with Gasteiger partial charge in [-0.05, 0) is 64.3 Å². The summed E-state index contributed by atoms with van der Waals surface area (Å²) >= 11 is 6.43.